The van der Waals surface area contributed by atoms with E-state index in [1.54, 1.807) is 7.11 Å². The zero-order chi connectivity index (χ0) is 15.3. The molecule has 0 bridgehead atoms. The Morgan fingerprint density at radius 1 is 1.33 bits per heavy atom. The molecular weight excluding hydrogens is 262 g/mol. The van der Waals surface area contributed by atoms with Crippen molar-refractivity contribution in [1.29, 1.82) is 0 Å². The van der Waals surface area contributed by atoms with Crippen LogP contribution in [-0.2, 0) is 17.6 Å². The van der Waals surface area contributed by atoms with E-state index in [1.165, 1.54) is 30.4 Å². The van der Waals surface area contributed by atoms with Crippen molar-refractivity contribution in [3.05, 3.63) is 29.3 Å². The van der Waals surface area contributed by atoms with Crippen molar-refractivity contribution in [3.63, 3.8) is 0 Å². The number of aryl methyl sites for hydroxylation is 2. The van der Waals surface area contributed by atoms with Crippen molar-refractivity contribution in [1.82, 2.24) is 0 Å². The summed E-state index contributed by atoms with van der Waals surface area (Å²) in [5.74, 6) is 0.485. The molecule has 0 aliphatic heterocycles. The highest BCUT2D eigenvalue weighted by molar-refractivity contribution is 5.92. The Kier molecular flexibility index (Phi) is 5.23. The van der Waals surface area contributed by atoms with Gasteiger partial charge in [-0.3, -0.25) is 4.99 Å². The van der Waals surface area contributed by atoms with Crippen LogP contribution in [0.3, 0.4) is 0 Å². The Balaban J connectivity index is 1.91. The summed E-state index contributed by atoms with van der Waals surface area (Å²) in [7, 11) is 1.73. The third kappa shape index (κ3) is 4.74. The Morgan fingerprint density at radius 2 is 2.10 bits per heavy atom. The van der Waals surface area contributed by atoms with E-state index >= 15 is 0 Å². The number of guanidine groups is 1. The van der Waals surface area contributed by atoms with Gasteiger partial charge in [-0.2, -0.15) is 0 Å². The highest BCUT2D eigenvalue weighted by atomic mass is 16.5. The fourth-order valence-corrected chi connectivity index (χ4v) is 2.59. The molecule has 1 aromatic carbocycles. The van der Waals surface area contributed by atoms with Crippen molar-refractivity contribution in [2.45, 2.75) is 39.5 Å². The van der Waals surface area contributed by atoms with Crippen LogP contribution < -0.4 is 11.1 Å². The summed E-state index contributed by atoms with van der Waals surface area (Å²) in [4.78, 5) is 4.47. The summed E-state index contributed by atoms with van der Waals surface area (Å²) in [6, 6.07) is 6.48. The minimum atomic E-state index is 0.0975. The molecule has 4 nitrogen and oxygen atoms in total. The molecule has 116 valence electrons. The second-order valence-electron chi connectivity index (χ2n) is 6.57. The summed E-state index contributed by atoms with van der Waals surface area (Å²) in [6.45, 7) is 5.80. The first-order valence-electron chi connectivity index (χ1n) is 7.68. The molecule has 1 aliphatic rings. The van der Waals surface area contributed by atoms with E-state index in [2.05, 4.69) is 42.4 Å². The van der Waals surface area contributed by atoms with Crippen molar-refractivity contribution >= 4 is 11.6 Å². The largest absolute Gasteiger partial charge is 0.385 e. The van der Waals surface area contributed by atoms with Gasteiger partial charge in [0.25, 0.3) is 0 Å². The summed E-state index contributed by atoms with van der Waals surface area (Å²) in [5.41, 5.74) is 10.0. The average Bonchev–Trinajstić information content (AvgIpc) is 2.91. The van der Waals surface area contributed by atoms with Crippen molar-refractivity contribution < 1.29 is 4.74 Å². The second-order valence-corrected chi connectivity index (χ2v) is 6.57. The second kappa shape index (κ2) is 6.94. The molecule has 3 N–H and O–H groups in total. The maximum atomic E-state index is 5.99. The number of nitrogens with one attached hydrogen (secondary N) is 1. The first-order valence-corrected chi connectivity index (χ1v) is 7.68. The lowest BCUT2D eigenvalue weighted by molar-refractivity contribution is 0.155. The van der Waals surface area contributed by atoms with Gasteiger partial charge < -0.3 is 15.8 Å². The summed E-state index contributed by atoms with van der Waals surface area (Å²) in [5, 5.41) is 3.20. The minimum absolute atomic E-state index is 0.0975. The summed E-state index contributed by atoms with van der Waals surface area (Å²) in [6.07, 6.45) is 4.61. The molecule has 0 saturated heterocycles. The van der Waals surface area contributed by atoms with Gasteiger partial charge >= 0.3 is 0 Å². The molecule has 0 heterocycles. The molecule has 0 atom stereocenters. The van der Waals surface area contributed by atoms with Gasteiger partial charge in [-0.25, -0.2) is 0 Å². The topological polar surface area (TPSA) is 59.6 Å². The number of ether oxygens (including phenoxy) is 1. The number of benzene rings is 1. The van der Waals surface area contributed by atoms with Crippen molar-refractivity contribution in [2.75, 3.05) is 25.6 Å². The van der Waals surface area contributed by atoms with E-state index in [9.17, 15) is 0 Å². The number of nitrogens with zero attached hydrogens (tertiary/aromatic N) is 1. The molecule has 0 fully saturated rings. The Labute approximate surface area is 127 Å². The third-order valence-corrected chi connectivity index (χ3v) is 4.03. The molecule has 0 spiro atoms. The normalized spacial score (nSPS) is 15.1. The minimum Gasteiger partial charge on any atom is -0.385 e. The zero-order valence-corrected chi connectivity index (χ0v) is 13.4. The highest BCUT2D eigenvalue weighted by Gasteiger charge is 2.17. The number of fused-ring (bicyclic) bond motifs is 1. The van der Waals surface area contributed by atoms with Gasteiger partial charge in [0.1, 0.15) is 0 Å². The van der Waals surface area contributed by atoms with E-state index in [4.69, 9.17) is 10.5 Å². The molecule has 0 saturated carbocycles. The molecule has 0 unspecified atom stereocenters. The number of anilines is 1. The molecule has 21 heavy (non-hydrogen) atoms. The molecule has 0 amide bonds. The zero-order valence-electron chi connectivity index (χ0n) is 13.4. The molecular formula is C17H27N3O. The highest BCUT2D eigenvalue weighted by Crippen LogP contribution is 2.25. The van der Waals surface area contributed by atoms with Crippen LogP contribution in [0.2, 0.25) is 0 Å². The maximum absolute atomic E-state index is 5.99. The molecule has 1 aliphatic carbocycles. The summed E-state index contributed by atoms with van der Waals surface area (Å²) < 4.78 is 5.13. The third-order valence-electron chi connectivity index (χ3n) is 4.03. The van der Waals surface area contributed by atoms with Gasteiger partial charge in [-0.05, 0) is 54.4 Å². The van der Waals surface area contributed by atoms with Crippen LogP contribution in [0.25, 0.3) is 0 Å². The Bertz CT molecular complexity index is 509. The van der Waals surface area contributed by atoms with Gasteiger partial charge in [-0.1, -0.05) is 19.9 Å². The smallest absolute Gasteiger partial charge is 0.193 e. The van der Waals surface area contributed by atoms with Gasteiger partial charge in [0.15, 0.2) is 5.96 Å². The van der Waals surface area contributed by atoms with Crippen molar-refractivity contribution in [3.8, 4) is 0 Å². The van der Waals surface area contributed by atoms with Crippen LogP contribution in [0.1, 0.15) is 37.8 Å². The van der Waals surface area contributed by atoms with Crippen LogP contribution in [0.5, 0.6) is 0 Å². The number of hydrogen-bond donors (Lipinski definition) is 2. The van der Waals surface area contributed by atoms with E-state index in [1.807, 2.05) is 0 Å². The molecule has 0 aromatic heterocycles. The SMILES string of the molecule is COCCC(C)(C)CN=C(N)Nc1ccc2c(c1)CCC2. The predicted molar refractivity (Wildman–Crippen MR) is 88.9 cm³/mol. The van der Waals surface area contributed by atoms with E-state index in [0.29, 0.717) is 12.5 Å². The van der Waals surface area contributed by atoms with E-state index in [-0.39, 0.29) is 5.41 Å². The van der Waals surface area contributed by atoms with Gasteiger partial charge in [0.2, 0.25) is 0 Å². The number of rotatable bonds is 6. The van der Waals surface area contributed by atoms with Gasteiger partial charge in [-0.15, -0.1) is 0 Å². The number of methoxy groups -OCH3 is 1. The lowest BCUT2D eigenvalue weighted by Gasteiger charge is -2.22. The molecule has 1 aromatic rings. The standard InChI is InChI=1S/C17H27N3O/c1-17(2,9-10-21-3)12-19-16(18)20-15-8-7-13-5-4-6-14(13)11-15/h7-8,11H,4-6,9-10,12H2,1-3H3,(H3,18,19,20). The first kappa shape index (κ1) is 15.8. The van der Waals surface area contributed by atoms with Crippen molar-refractivity contribution in [2.24, 2.45) is 16.1 Å². The van der Waals surface area contributed by atoms with Crippen LogP contribution in [0.4, 0.5) is 5.69 Å². The van der Waals surface area contributed by atoms with Crippen LogP contribution in [-0.4, -0.2) is 26.2 Å². The number of hydrogen-bond acceptors (Lipinski definition) is 2. The maximum Gasteiger partial charge on any atom is 0.193 e. The van der Waals surface area contributed by atoms with E-state index in [0.717, 1.165) is 18.7 Å². The van der Waals surface area contributed by atoms with Gasteiger partial charge in [0.05, 0.1) is 0 Å². The molecule has 0 radical (unpaired) electrons. The average molecular weight is 289 g/mol. The molecule has 4 heteroatoms. The van der Waals surface area contributed by atoms with E-state index < -0.39 is 0 Å². The van der Waals surface area contributed by atoms with Gasteiger partial charge in [0, 0.05) is 25.9 Å². The number of nitrogens with two attached hydrogens (primary N) is 1. The summed E-state index contributed by atoms with van der Waals surface area (Å²) >= 11 is 0. The number of aliphatic imine (C=N–C) groups is 1. The lowest BCUT2D eigenvalue weighted by Crippen LogP contribution is -2.26. The van der Waals surface area contributed by atoms with Crippen LogP contribution >= 0.6 is 0 Å². The lowest BCUT2D eigenvalue weighted by atomic mass is 9.90. The first-order chi connectivity index (χ1) is 10.00. The fourth-order valence-electron chi connectivity index (χ4n) is 2.59. The Morgan fingerprint density at radius 3 is 2.86 bits per heavy atom. The Hall–Kier alpha value is -1.55. The predicted octanol–water partition coefficient (Wildman–Crippen LogP) is 2.96. The monoisotopic (exact) mass is 289 g/mol. The fraction of sp³-hybridized carbons (Fsp3) is 0.588. The van der Waals surface area contributed by atoms with Crippen LogP contribution in [0.15, 0.2) is 23.2 Å². The van der Waals surface area contributed by atoms with Crippen LogP contribution in [0, 0.1) is 5.41 Å². The quantitative estimate of drug-likeness (QED) is 0.625. The molecule has 2 rings (SSSR count).